The molecule has 1 saturated heterocycles. The Balaban J connectivity index is 2.09. The molecule has 0 N–H and O–H groups in total. The van der Waals surface area contributed by atoms with Crippen molar-refractivity contribution in [1.82, 2.24) is 4.90 Å². The number of rotatable bonds is 2. The van der Waals surface area contributed by atoms with E-state index in [1.54, 1.807) is 12.3 Å². The van der Waals surface area contributed by atoms with Crippen molar-refractivity contribution in [2.24, 2.45) is 0 Å². The number of carbonyl (C=O) groups is 2. The smallest absolute Gasteiger partial charge is 0.289 e. The highest BCUT2D eigenvalue weighted by atomic mass is 35.5. The van der Waals surface area contributed by atoms with Crippen LogP contribution in [0.15, 0.2) is 28.8 Å². The minimum atomic E-state index is -0.681. The summed E-state index contributed by atoms with van der Waals surface area (Å²) in [5.41, 5.74) is 0.292. The van der Waals surface area contributed by atoms with Crippen molar-refractivity contribution in [3.63, 3.8) is 0 Å². The summed E-state index contributed by atoms with van der Waals surface area (Å²) in [6.45, 7) is 0.484. The Labute approximate surface area is 130 Å². The molecule has 1 aromatic carbocycles. The number of benzene rings is 1. The second-order valence-corrected chi connectivity index (χ2v) is 6.00. The fourth-order valence-corrected chi connectivity index (χ4v) is 3.37. The number of hydrogen-bond acceptors (Lipinski definition) is 3. The molecule has 7 heteroatoms. The van der Waals surface area contributed by atoms with Crippen LogP contribution in [-0.4, -0.2) is 29.6 Å². The molecule has 0 aromatic heterocycles. The Kier molecular flexibility index (Phi) is 3.67. The molecule has 0 atom stereocenters. The maximum Gasteiger partial charge on any atom is 0.336 e. The van der Waals surface area contributed by atoms with E-state index >= 15 is 0 Å². The van der Waals surface area contributed by atoms with Crippen LogP contribution >= 0.6 is 23.4 Å². The average molecular weight is 327 g/mol. The molecule has 4 nitrogen and oxygen atoms in total. The van der Waals surface area contributed by atoms with E-state index < -0.39 is 17.8 Å². The molecule has 3 rings (SSSR count). The van der Waals surface area contributed by atoms with E-state index in [4.69, 9.17) is 11.6 Å². The van der Waals surface area contributed by atoms with Crippen molar-refractivity contribution in [3.05, 3.63) is 34.7 Å². The Morgan fingerprint density at radius 3 is 2.76 bits per heavy atom. The third-order valence-electron chi connectivity index (χ3n) is 3.52. The van der Waals surface area contributed by atoms with Gasteiger partial charge in [0.15, 0.2) is 0 Å². The normalized spacial score (nSPS) is 18.1. The molecule has 2 aliphatic heterocycles. The number of anilines is 1. The molecule has 110 valence electrons. The molecule has 21 heavy (non-hydrogen) atoms. The Bertz CT molecular complexity index is 677. The molecule has 0 radical (unpaired) electrons. The van der Waals surface area contributed by atoms with E-state index in [9.17, 15) is 14.0 Å². The maximum absolute atomic E-state index is 14.2. The molecular formula is C14H12ClFN2O2S. The van der Waals surface area contributed by atoms with E-state index in [-0.39, 0.29) is 10.7 Å². The van der Waals surface area contributed by atoms with Gasteiger partial charge in [-0.3, -0.25) is 9.69 Å². The lowest BCUT2D eigenvalue weighted by atomic mass is 10.2. The molecule has 0 unspecified atom stereocenters. The van der Waals surface area contributed by atoms with Gasteiger partial charge in [0.2, 0.25) is 0 Å². The number of urea groups is 1. The summed E-state index contributed by atoms with van der Waals surface area (Å²) < 4.78 is 14.2. The molecule has 2 heterocycles. The van der Waals surface area contributed by atoms with Crippen LogP contribution in [0, 0.1) is 5.82 Å². The Morgan fingerprint density at radius 2 is 2.10 bits per heavy atom. The molecule has 1 aromatic rings. The third-order valence-corrected chi connectivity index (χ3v) is 4.72. The van der Waals surface area contributed by atoms with Gasteiger partial charge in [-0.2, -0.15) is 0 Å². The standard InChI is InChI=1S/C14H12ClFN2O2S/c1-21-12-7-11(9(16)6-8(12)15)18-13(19)10-4-2-3-5-17(10)14(18)20/h4,6-7H,2-3,5H2,1H3. The largest absolute Gasteiger partial charge is 0.336 e. The van der Waals surface area contributed by atoms with Gasteiger partial charge in [-0.15, -0.1) is 11.8 Å². The monoisotopic (exact) mass is 326 g/mol. The van der Waals surface area contributed by atoms with Gasteiger partial charge in [-0.25, -0.2) is 14.1 Å². The summed E-state index contributed by atoms with van der Waals surface area (Å²) in [4.78, 5) is 27.7. The number of hydrogen-bond donors (Lipinski definition) is 0. The predicted molar refractivity (Wildman–Crippen MR) is 80.1 cm³/mol. The first-order valence-corrected chi connectivity index (χ1v) is 8.04. The van der Waals surface area contributed by atoms with E-state index in [1.807, 2.05) is 0 Å². The summed E-state index contributed by atoms with van der Waals surface area (Å²) in [5, 5.41) is 0.264. The van der Waals surface area contributed by atoms with Gasteiger partial charge >= 0.3 is 6.03 Å². The molecule has 0 saturated carbocycles. The maximum atomic E-state index is 14.2. The second kappa shape index (κ2) is 5.35. The number of allylic oxidation sites excluding steroid dienone is 1. The average Bonchev–Trinajstić information content (AvgIpc) is 2.72. The summed E-state index contributed by atoms with van der Waals surface area (Å²) in [7, 11) is 0. The van der Waals surface area contributed by atoms with Crippen molar-refractivity contribution in [1.29, 1.82) is 0 Å². The van der Waals surface area contributed by atoms with Crippen molar-refractivity contribution in [2.45, 2.75) is 17.7 Å². The zero-order chi connectivity index (χ0) is 15.1. The molecule has 1 fully saturated rings. The van der Waals surface area contributed by atoms with Gasteiger partial charge in [0.05, 0.1) is 10.7 Å². The van der Waals surface area contributed by atoms with E-state index in [0.717, 1.165) is 23.8 Å². The number of carbonyl (C=O) groups excluding carboxylic acids is 2. The van der Waals surface area contributed by atoms with Gasteiger partial charge in [0, 0.05) is 11.4 Å². The first-order chi connectivity index (χ1) is 10.0. The van der Waals surface area contributed by atoms with Crippen LogP contribution in [0.4, 0.5) is 14.9 Å². The van der Waals surface area contributed by atoms with Crippen molar-refractivity contribution in [2.75, 3.05) is 17.7 Å². The first-order valence-electron chi connectivity index (χ1n) is 6.43. The molecule has 0 bridgehead atoms. The van der Waals surface area contributed by atoms with Gasteiger partial charge in [0.25, 0.3) is 5.91 Å². The SMILES string of the molecule is CSc1cc(N2C(=O)C3=CCCCN3C2=O)c(F)cc1Cl. The highest BCUT2D eigenvalue weighted by Crippen LogP contribution is 2.36. The van der Waals surface area contributed by atoms with Gasteiger partial charge in [0.1, 0.15) is 11.5 Å². The van der Waals surface area contributed by atoms with Crippen LogP contribution in [0.2, 0.25) is 5.02 Å². The van der Waals surface area contributed by atoms with Crippen molar-refractivity contribution >= 4 is 41.0 Å². The van der Waals surface area contributed by atoms with E-state index in [2.05, 4.69) is 0 Å². The first kappa shape index (κ1) is 14.4. The summed E-state index contributed by atoms with van der Waals surface area (Å²) in [6.07, 6.45) is 5.07. The molecule has 3 amide bonds. The lowest BCUT2D eigenvalue weighted by molar-refractivity contribution is -0.114. The fourth-order valence-electron chi connectivity index (χ4n) is 2.50. The third kappa shape index (κ3) is 2.22. The number of imide groups is 1. The van der Waals surface area contributed by atoms with Crippen molar-refractivity contribution in [3.8, 4) is 0 Å². The topological polar surface area (TPSA) is 40.6 Å². The van der Waals surface area contributed by atoms with Gasteiger partial charge < -0.3 is 0 Å². The van der Waals surface area contributed by atoms with E-state index in [0.29, 0.717) is 17.1 Å². The van der Waals surface area contributed by atoms with Crippen LogP contribution in [0.25, 0.3) is 0 Å². The lowest BCUT2D eigenvalue weighted by Crippen LogP contribution is -2.34. The van der Waals surface area contributed by atoms with Crippen LogP contribution in [0.3, 0.4) is 0 Å². The summed E-state index contributed by atoms with van der Waals surface area (Å²) in [5.74, 6) is -1.16. The minimum absolute atomic E-state index is 0.0472. The summed E-state index contributed by atoms with van der Waals surface area (Å²) >= 11 is 7.26. The Morgan fingerprint density at radius 1 is 1.33 bits per heavy atom. The zero-order valence-corrected chi connectivity index (χ0v) is 12.8. The fraction of sp³-hybridized carbons (Fsp3) is 0.286. The van der Waals surface area contributed by atoms with Crippen LogP contribution < -0.4 is 4.90 Å². The molecule has 2 aliphatic rings. The molecule has 0 aliphatic carbocycles. The van der Waals surface area contributed by atoms with E-state index in [1.165, 1.54) is 22.7 Å². The number of fused-ring (bicyclic) bond motifs is 1. The quantitative estimate of drug-likeness (QED) is 0.615. The van der Waals surface area contributed by atoms with Crippen LogP contribution in [0.5, 0.6) is 0 Å². The number of thioether (sulfide) groups is 1. The number of halogens is 2. The number of nitrogens with zero attached hydrogens (tertiary/aromatic N) is 2. The molecule has 0 spiro atoms. The van der Waals surface area contributed by atoms with Gasteiger partial charge in [-0.05, 0) is 31.2 Å². The van der Waals surface area contributed by atoms with Crippen LogP contribution in [0.1, 0.15) is 12.8 Å². The second-order valence-electron chi connectivity index (χ2n) is 4.74. The Hall–Kier alpha value is -1.53. The van der Waals surface area contributed by atoms with Crippen molar-refractivity contribution < 1.29 is 14.0 Å². The molecular weight excluding hydrogens is 315 g/mol. The lowest BCUT2D eigenvalue weighted by Gasteiger charge is -2.19. The predicted octanol–water partition coefficient (Wildman–Crippen LogP) is 3.65. The highest BCUT2D eigenvalue weighted by molar-refractivity contribution is 7.98. The minimum Gasteiger partial charge on any atom is -0.289 e. The highest BCUT2D eigenvalue weighted by Gasteiger charge is 2.43. The summed E-state index contributed by atoms with van der Waals surface area (Å²) in [6, 6.07) is 2.07. The zero-order valence-electron chi connectivity index (χ0n) is 11.2. The number of amides is 3. The van der Waals surface area contributed by atoms with Gasteiger partial charge in [-0.1, -0.05) is 17.7 Å². The van der Waals surface area contributed by atoms with Crippen LogP contribution in [-0.2, 0) is 4.79 Å².